The average molecular weight is 253 g/mol. The summed E-state index contributed by atoms with van der Waals surface area (Å²) in [5.74, 6) is -2.44. The van der Waals surface area contributed by atoms with E-state index in [0.717, 1.165) is 6.08 Å². The number of carboxylic acid groups (broad SMARTS) is 1. The van der Waals surface area contributed by atoms with E-state index in [1.807, 2.05) is 0 Å². The molecule has 0 aliphatic rings. The van der Waals surface area contributed by atoms with Crippen LogP contribution in [0.5, 0.6) is 0 Å². The number of rotatable bonds is 5. The lowest BCUT2D eigenvalue weighted by Crippen LogP contribution is -2.42. The predicted octanol–water partition coefficient (Wildman–Crippen LogP) is 0.401. The summed E-state index contributed by atoms with van der Waals surface area (Å²) in [6.07, 6.45) is 2.41. The molecule has 1 atom stereocenters. The standard InChI is InChI=1S/C12H12FNO4/c13-9-3-1-2-8(6-9)4-5-11(16)14-10(7-15)12(17)18/h1-6,10,15H,7H2,(H,14,16)(H,17,18)/b5-4+/t10-/m1/s1. The van der Waals surface area contributed by atoms with E-state index in [-0.39, 0.29) is 0 Å². The van der Waals surface area contributed by atoms with Crippen LogP contribution in [0.2, 0.25) is 0 Å². The van der Waals surface area contributed by atoms with Crippen molar-refractivity contribution in [2.45, 2.75) is 6.04 Å². The van der Waals surface area contributed by atoms with E-state index in [1.54, 1.807) is 6.07 Å². The van der Waals surface area contributed by atoms with Gasteiger partial charge in [0.05, 0.1) is 6.61 Å². The van der Waals surface area contributed by atoms with Gasteiger partial charge in [-0.25, -0.2) is 9.18 Å². The third-order valence-corrected chi connectivity index (χ3v) is 2.07. The quantitative estimate of drug-likeness (QED) is 0.663. The molecule has 0 spiro atoms. The van der Waals surface area contributed by atoms with Crippen LogP contribution in [0.3, 0.4) is 0 Å². The second kappa shape index (κ2) is 6.51. The van der Waals surface area contributed by atoms with Crippen molar-refractivity contribution in [3.05, 3.63) is 41.7 Å². The molecule has 0 bridgehead atoms. The Morgan fingerprint density at radius 1 is 1.44 bits per heavy atom. The van der Waals surface area contributed by atoms with Gasteiger partial charge >= 0.3 is 5.97 Å². The summed E-state index contributed by atoms with van der Waals surface area (Å²) in [5.41, 5.74) is 0.473. The number of carbonyl (C=O) groups excluding carboxylic acids is 1. The van der Waals surface area contributed by atoms with Crippen LogP contribution in [0, 0.1) is 5.82 Å². The van der Waals surface area contributed by atoms with E-state index >= 15 is 0 Å². The summed E-state index contributed by atoms with van der Waals surface area (Å²) in [4.78, 5) is 21.8. The Bertz CT molecular complexity index is 473. The maximum Gasteiger partial charge on any atom is 0.328 e. The molecule has 1 rings (SSSR count). The monoisotopic (exact) mass is 253 g/mol. The number of hydrogen-bond acceptors (Lipinski definition) is 3. The lowest BCUT2D eigenvalue weighted by atomic mass is 10.2. The van der Waals surface area contributed by atoms with Crippen molar-refractivity contribution in [1.82, 2.24) is 5.32 Å². The van der Waals surface area contributed by atoms with Gasteiger partial charge in [-0.3, -0.25) is 4.79 Å². The molecular weight excluding hydrogens is 241 g/mol. The highest BCUT2D eigenvalue weighted by atomic mass is 19.1. The fourth-order valence-corrected chi connectivity index (χ4v) is 1.19. The van der Waals surface area contributed by atoms with Crippen LogP contribution in [0.4, 0.5) is 4.39 Å². The van der Waals surface area contributed by atoms with Crippen molar-refractivity contribution in [1.29, 1.82) is 0 Å². The van der Waals surface area contributed by atoms with Gasteiger partial charge in [-0.15, -0.1) is 0 Å². The van der Waals surface area contributed by atoms with Crippen LogP contribution in [0.25, 0.3) is 6.08 Å². The van der Waals surface area contributed by atoms with E-state index < -0.39 is 30.3 Å². The van der Waals surface area contributed by atoms with Gasteiger partial charge in [0.15, 0.2) is 6.04 Å². The molecule has 3 N–H and O–H groups in total. The first-order valence-corrected chi connectivity index (χ1v) is 5.10. The highest BCUT2D eigenvalue weighted by Crippen LogP contribution is 2.05. The maximum atomic E-state index is 12.8. The molecule has 0 aliphatic carbocycles. The molecule has 18 heavy (non-hydrogen) atoms. The minimum Gasteiger partial charge on any atom is -0.480 e. The van der Waals surface area contributed by atoms with E-state index in [1.165, 1.54) is 24.3 Å². The summed E-state index contributed by atoms with van der Waals surface area (Å²) >= 11 is 0. The molecule has 0 aromatic heterocycles. The Morgan fingerprint density at radius 3 is 2.72 bits per heavy atom. The zero-order valence-corrected chi connectivity index (χ0v) is 9.34. The Balaban J connectivity index is 2.62. The Hall–Kier alpha value is -2.21. The van der Waals surface area contributed by atoms with Crippen molar-refractivity contribution < 1.29 is 24.2 Å². The van der Waals surface area contributed by atoms with Gasteiger partial charge in [-0.05, 0) is 23.8 Å². The molecule has 0 heterocycles. The molecule has 0 saturated heterocycles. The largest absolute Gasteiger partial charge is 0.480 e. The van der Waals surface area contributed by atoms with Gasteiger partial charge < -0.3 is 15.5 Å². The molecule has 0 fully saturated rings. The van der Waals surface area contributed by atoms with Crippen molar-refractivity contribution in [3.8, 4) is 0 Å². The van der Waals surface area contributed by atoms with E-state index in [9.17, 15) is 14.0 Å². The van der Waals surface area contributed by atoms with E-state index in [0.29, 0.717) is 5.56 Å². The molecule has 0 saturated carbocycles. The number of benzene rings is 1. The summed E-state index contributed by atoms with van der Waals surface area (Å²) in [6.45, 7) is -0.700. The number of aliphatic hydroxyl groups excluding tert-OH is 1. The van der Waals surface area contributed by atoms with E-state index in [2.05, 4.69) is 5.32 Å². The normalized spacial score (nSPS) is 12.3. The summed E-state index contributed by atoms with van der Waals surface area (Å²) in [6, 6.07) is 4.22. The van der Waals surface area contributed by atoms with Crippen molar-refractivity contribution in [3.63, 3.8) is 0 Å². The summed E-state index contributed by atoms with van der Waals surface area (Å²) < 4.78 is 12.8. The number of hydrogen-bond donors (Lipinski definition) is 3. The van der Waals surface area contributed by atoms with Crippen LogP contribution >= 0.6 is 0 Å². The van der Waals surface area contributed by atoms with Crippen LogP contribution in [-0.2, 0) is 9.59 Å². The molecule has 0 aliphatic heterocycles. The SMILES string of the molecule is O=C(/C=C/c1cccc(F)c1)N[C@H](CO)C(=O)O. The van der Waals surface area contributed by atoms with Gasteiger partial charge in [0, 0.05) is 6.08 Å². The number of carboxylic acids is 1. The van der Waals surface area contributed by atoms with Gasteiger partial charge in [-0.2, -0.15) is 0 Å². The molecule has 5 nitrogen and oxygen atoms in total. The molecule has 0 radical (unpaired) electrons. The van der Waals surface area contributed by atoms with Crippen LogP contribution in [0.1, 0.15) is 5.56 Å². The molecule has 1 aromatic carbocycles. The van der Waals surface area contributed by atoms with Crippen molar-refractivity contribution in [2.75, 3.05) is 6.61 Å². The first kappa shape index (κ1) is 13.9. The predicted molar refractivity (Wildman–Crippen MR) is 62.1 cm³/mol. The molecule has 6 heteroatoms. The van der Waals surface area contributed by atoms with Crippen LogP contribution in [-0.4, -0.2) is 34.7 Å². The number of aliphatic carboxylic acids is 1. The number of halogens is 1. The highest BCUT2D eigenvalue weighted by Gasteiger charge is 2.16. The molecule has 0 unspecified atom stereocenters. The Morgan fingerprint density at radius 2 is 2.17 bits per heavy atom. The topological polar surface area (TPSA) is 86.6 Å². The lowest BCUT2D eigenvalue weighted by molar-refractivity contribution is -0.142. The van der Waals surface area contributed by atoms with Gasteiger partial charge in [0.2, 0.25) is 5.91 Å². The fourth-order valence-electron chi connectivity index (χ4n) is 1.19. The molecule has 96 valence electrons. The first-order valence-electron chi connectivity index (χ1n) is 5.10. The number of aliphatic hydroxyl groups is 1. The zero-order chi connectivity index (χ0) is 13.5. The van der Waals surface area contributed by atoms with Crippen molar-refractivity contribution in [2.24, 2.45) is 0 Å². The molecule has 1 aromatic rings. The number of amides is 1. The smallest absolute Gasteiger partial charge is 0.328 e. The molecular formula is C12H12FNO4. The van der Waals surface area contributed by atoms with Gasteiger partial charge in [0.1, 0.15) is 5.82 Å². The first-order chi connectivity index (χ1) is 8.52. The second-order valence-electron chi connectivity index (χ2n) is 3.47. The summed E-state index contributed by atoms with van der Waals surface area (Å²) in [7, 11) is 0. The Labute approximate surface area is 103 Å². The van der Waals surface area contributed by atoms with Crippen LogP contribution < -0.4 is 5.32 Å². The Kier molecular flexibility index (Phi) is 5.01. The number of carbonyl (C=O) groups is 2. The minimum atomic E-state index is -1.35. The second-order valence-corrected chi connectivity index (χ2v) is 3.47. The van der Waals surface area contributed by atoms with Gasteiger partial charge in [0.25, 0.3) is 0 Å². The third kappa shape index (κ3) is 4.34. The zero-order valence-electron chi connectivity index (χ0n) is 9.34. The van der Waals surface area contributed by atoms with Crippen LogP contribution in [0.15, 0.2) is 30.3 Å². The summed E-state index contributed by atoms with van der Waals surface area (Å²) in [5, 5.41) is 19.4. The highest BCUT2D eigenvalue weighted by molar-refractivity contribution is 5.94. The third-order valence-electron chi connectivity index (χ3n) is 2.07. The van der Waals surface area contributed by atoms with Gasteiger partial charge in [-0.1, -0.05) is 12.1 Å². The number of nitrogens with one attached hydrogen (secondary N) is 1. The van der Waals surface area contributed by atoms with E-state index in [4.69, 9.17) is 10.2 Å². The average Bonchev–Trinajstić information content (AvgIpc) is 2.33. The minimum absolute atomic E-state index is 0.434. The van der Waals surface area contributed by atoms with Crippen molar-refractivity contribution >= 4 is 18.0 Å². The maximum absolute atomic E-state index is 12.8. The fraction of sp³-hybridized carbons (Fsp3) is 0.167. The molecule has 1 amide bonds. The lowest BCUT2D eigenvalue weighted by Gasteiger charge is -2.09.